The molecule has 0 spiro atoms. The predicted molar refractivity (Wildman–Crippen MR) is 89.1 cm³/mol. The quantitative estimate of drug-likeness (QED) is 0.834. The number of carbonyl (C=O) groups is 2. The van der Waals surface area contributed by atoms with Crippen molar-refractivity contribution in [1.82, 2.24) is 10.9 Å². The Bertz CT molecular complexity index is 681. The van der Waals surface area contributed by atoms with Gasteiger partial charge in [-0.15, -0.1) is 11.3 Å². The van der Waals surface area contributed by atoms with E-state index >= 15 is 0 Å². The van der Waals surface area contributed by atoms with Gasteiger partial charge in [-0.3, -0.25) is 20.4 Å². The first-order chi connectivity index (χ1) is 10.3. The number of hydrogen-bond donors (Lipinski definition) is 2. The molecule has 22 heavy (non-hydrogen) atoms. The Kier molecular flexibility index (Phi) is 4.66. The Morgan fingerprint density at radius 3 is 2.00 bits per heavy atom. The van der Waals surface area contributed by atoms with Crippen molar-refractivity contribution in [2.24, 2.45) is 0 Å². The first kappa shape index (κ1) is 16.2. The van der Waals surface area contributed by atoms with E-state index < -0.39 is 0 Å². The zero-order chi connectivity index (χ0) is 16.3. The predicted octanol–water partition coefficient (Wildman–Crippen LogP) is 3.43. The molecule has 1 aromatic carbocycles. The molecular weight excluding hydrogens is 296 g/mol. The van der Waals surface area contributed by atoms with Crippen molar-refractivity contribution in [2.45, 2.75) is 33.1 Å². The standard InChI is InChI=1S/C17H20N2O2S/c1-11-5-10-14(22-11)16(21)19-18-15(20)12-6-8-13(9-7-12)17(2,3)4/h5-10H,1-4H3,(H,18,20)(H,19,21). The van der Waals surface area contributed by atoms with E-state index in [4.69, 9.17) is 0 Å². The molecule has 0 aliphatic carbocycles. The molecule has 4 nitrogen and oxygen atoms in total. The first-order valence-corrected chi connectivity index (χ1v) is 7.87. The van der Waals surface area contributed by atoms with Gasteiger partial charge in [-0.2, -0.15) is 0 Å². The van der Waals surface area contributed by atoms with E-state index in [1.807, 2.05) is 25.1 Å². The van der Waals surface area contributed by atoms with E-state index in [0.29, 0.717) is 10.4 Å². The summed E-state index contributed by atoms with van der Waals surface area (Å²) in [5.74, 6) is -0.639. The van der Waals surface area contributed by atoms with E-state index in [0.717, 1.165) is 10.4 Å². The minimum absolute atomic E-state index is 0.0419. The SMILES string of the molecule is Cc1ccc(C(=O)NNC(=O)c2ccc(C(C)(C)C)cc2)s1. The fourth-order valence-electron chi connectivity index (χ4n) is 1.93. The van der Waals surface area contributed by atoms with Crippen molar-refractivity contribution in [3.8, 4) is 0 Å². The third-order valence-corrected chi connectivity index (χ3v) is 4.27. The van der Waals surface area contributed by atoms with Gasteiger partial charge in [0.2, 0.25) is 0 Å². The number of benzene rings is 1. The molecule has 0 bridgehead atoms. The molecule has 2 amide bonds. The van der Waals surface area contributed by atoms with Gasteiger partial charge in [0.1, 0.15) is 0 Å². The minimum atomic E-state index is -0.331. The molecule has 0 aliphatic heterocycles. The molecule has 0 unspecified atom stereocenters. The van der Waals surface area contributed by atoms with Crippen LogP contribution < -0.4 is 10.9 Å². The average molecular weight is 316 g/mol. The zero-order valence-corrected chi connectivity index (χ0v) is 14.0. The minimum Gasteiger partial charge on any atom is -0.267 e. The number of nitrogens with one attached hydrogen (secondary N) is 2. The monoisotopic (exact) mass is 316 g/mol. The van der Waals surface area contributed by atoms with Crippen LogP contribution in [0, 0.1) is 6.92 Å². The number of thiophene rings is 1. The fourth-order valence-corrected chi connectivity index (χ4v) is 2.69. The van der Waals surface area contributed by atoms with Gasteiger partial charge in [0.05, 0.1) is 4.88 Å². The summed E-state index contributed by atoms with van der Waals surface area (Å²) in [4.78, 5) is 25.5. The lowest BCUT2D eigenvalue weighted by Crippen LogP contribution is -2.41. The second-order valence-corrected chi connectivity index (χ2v) is 7.43. The molecule has 1 aromatic heterocycles. The summed E-state index contributed by atoms with van der Waals surface area (Å²) in [6.45, 7) is 8.28. The van der Waals surface area contributed by atoms with Gasteiger partial charge in [0.25, 0.3) is 11.8 Å². The number of carbonyl (C=O) groups excluding carboxylic acids is 2. The molecule has 5 heteroatoms. The van der Waals surface area contributed by atoms with Gasteiger partial charge in [0.15, 0.2) is 0 Å². The summed E-state index contributed by atoms with van der Waals surface area (Å²) in [5, 5.41) is 0. The Morgan fingerprint density at radius 2 is 1.50 bits per heavy atom. The van der Waals surface area contributed by atoms with E-state index in [1.165, 1.54) is 11.3 Å². The first-order valence-electron chi connectivity index (χ1n) is 7.05. The van der Waals surface area contributed by atoms with Gasteiger partial charge in [-0.1, -0.05) is 32.9 Å². The van der Waals surface area contributed by atoms with E-state index in [9.17, 15) is 9.59 Å². The van der Waals surface area contributed by atoms with Crippen LogP contribution in [0.1, 0.15) is 51.2 Å². The van der Waals surface area contributed by atoms with Crippen LogP contribution in [0.15, 0.2) is 36.4 Å². The van der Waals surface area contributed by atoms with Gasteiger partial charge < -0.3 is 0 Å². The maximum absolute atomic E-state index is 12.0. The Balaban J connectivity index is 1.96. The van der Waals surface area contributed by atoms with Crippen LogP contribution in [-0.4, -0.2) is 11.8 Å². The van der Waals surface area contributed by atoms with Crippen LogP contribution in [0.2, 0.25) is 0 Å². The molecule has 116 valence electrons. The largest absolute Gasteiger partial charge is 0.279 e. The normalized spacial score (nSPS) is 11.1. The number of rotatable bonds is 2. The molecule has 0 saturated heterocycles. The highest BCUT2D eigenvalue weighted by molar-refractivity contribution is 7.13. The van der Waals surface area contributed by atoms with Crippen molar-refractivity contribution >= 4 is 23.2 Å². The molecule has 2 aromatic rings. The summed E-state index contributed by atoms with van der Waals surface area (Å²) in [6.07, 6.45) is 0. The topological polar surface area (TPSA) is 58.2 Å². The molecule has 0 atom stereocenters. The highest BCUT2D eigenvalue weighted by atomic mass is 32.1. The third-order valence-electron chi connectivity index (χ3n) is 3.27. The number of hydrazine groups is 1. The Hall–Kier alpha value is -2.14. The molecule has 0 aliphatic rings. The fraction of sp³-hybridized carbons (Fsp3) is 0.294. The highest BCUT2D eigenvalue weighted by Crippen LogP contribution is 2.22. The molecule has 1 heterocycles. The van der Waals surface area contributed by atoms with Gasteiger partial charge in [-0.25, -0.2) is 0 Å². The average Bonchev–Trinajstić information content (AvgIpc) is 2.90. The summed E-state index contributed by atoms with van der Waals surface area (Å²) >= 11 is 1.38. The lowest BCUT2D eigenvalue weighted by Gasteiger charge is -2.19. The van der Waals surface area contributed by atoms with E-state index in [1.54, 1.807) is 18.2 Å². The van der Waals surface area contributed by atoms with Crippen LogP contribution in [0.5, 0.6) is 0 Å². The summed E-state index contributed by atoms with van der Waals surface area (Å²) in [5.41, 5.74) is 6.57. The van der Waals surface area contributed by atoms with Crippen molar-refractivity contribution in [2.75, 3.05) is 0 Å². The van der Waals surface area contributed by atoms with E-state index in [2.05, 4.69) is 31.6 Å². The van der Waals surface area contributed by atoms with Crippen LogP contribution in [0.25, 0.3) is 0 Å². The highest BCUT2D eigenvalue weighted by Gasteiger charge is 2.15. The number of aryl methyl sites for hydroxylation is 1. The van der Waals surface area contributed by atoms with Crippen molar-refractivity contribution in [3.63, 3.8) is 0 Å². The van der Waals surface area contributed by atoms with Crippen molar-refractivity contribution in [3.05, 3.63) is 57.3 Å². The summed E-state index contributed by atoms with van der Waals surface area (Å²) in [6, 6.07) is 11.0. The maximum atomic E-state index is 12.0. The summed E-state index contributed by atoms with van der Waals surface area (Å²) in [7, 11) is 0. The molecular formula is C17H20N2O2S. The van der Waals surface area contributed by atoms with E-state index in [-0.39, 0.29) is 17.2 Å². The van der Waals surface area contributed by atoms with Gasteiger partial charge >= 0.3 is 0 Å². The molecule has 0 fully saturated rings. The molecule has 0 saturated carbocycles. The number of hydrogen-bond acceptors (Lipinski definition) is 3. The van der Waals surface area contributed by atoms with Crippen LogP contribution >= 0.6 is 11.3 Å². The Morgan fingerprint density at radius 1 is 0.909 bits per heavy atom. The smallest absolute Gasteiger partial charge is 0.267 e. The lowest BCUT2D eigenvalue weighted by atomic mass is 9.87. The lowest BCUT2D eigenvalue weighted by molar-refractivity contribution is 0.0849. The van der Waals surface area contributed by atoms with Crippen LogP contribution in [0.4, 0.5) is 0 Å². The molecule has 2 rings (SSSR count). The Labute approximate surface area is 134 Å². The maximum Gasteiger partial charge on any atom is 0.279 e. The third kappa shape index (κ3) is 3.95. The zero-order valence-electron chi connectivity index (χ0n) is 13.2. The second-order valence-electron chi connectivity index (χ2n) is 6.15. The van der Waals surface area contributed by atoms with Gasteiger partial charge in [-0.05, 0) is 42.2 Å². The summed E-state index contributed by atoms with van der Waals surface area (Å²) < 4.78 is 0. The van der Waals surface area contributed by atoms with Crippen molar-refractivity contribution in [1.29, 1.82) is 0 Å². The second kappa shape index (κ2) is 6.32. The van der Waals surface area contributed by atoms with Crippen molar-refractivity contribution < 1.29 is 9.59 Å². The molecule has 2 N–H and O–H groups in total. The van der Waals surface area contributed by atoms with Gasteiger partial charge in [0, 0.05) is 10.4 Å². The molecule has 0 radical (unpaired) electrons. The van der Waals surface area contributed by atoms with Crippen LogP contribution in [0.3, 0.4) is 0 Å². The van der Waals surface area contributed by atoms with Crippen LogP contribution in [-0.2, 0) is 5.41 Å². The number of amides is 2.